The van der Waals surface area contributed by atoms with Gasteiger partial charge in [0.25, 0.3) is 0 Å². The minimum absolute atomic E-state index is 0.0254. The molecule has 0 bridgehead atoms. The van der Waals surface area contributed by atoms with Crippen LogP contribution in [0.5, 0.6) is 0 Å². The molecule has 1 unspecified atom stereocenters. The Morgan fingerprint density at radius 2 is 2.23 bits per heavy atom. The maximum atomic E-state index is 15.7. The average Bonchev–Trinajstić information content (AvgIpc) is 3.07. The van der Waals surface area contributed by atoms with Crippen molar-refractivity contribution in [3.05, 3.63) is 23.9 Å². The standard InChI is InChI=1S/C15H21FN5O4P/c1-8(2)20-26(22)23-6-11-13(25-26)15(4,16)12(24-11)10-5-17-14-9(3)18-7-19-21(10)14/h5,7-8,11-13H,6H2,1-4H3,(H,20,22)/t11-,12+,13-,15+,26?/m1/s1. The van der Waals surface area contributed by atoms with Gasteiger partial charge in [-0.1, -0.05) is 0 Å². The van der Waals surface area contributed by atoms with Gasteiger partial charge in [-0.2, -0.15) is 5.10 Å². The maximum Gasteiger partial charge on any atom is 0.406 e. The van der Waals surface area contributed by atoms with Crippen molar-refractivity contribution in [2.75, 3.05) is 6.61 Å². The molecule has 5 atom stereocenters. The minimum atomic E-state index is -3.60. The molecule has 0 radical (unpaired) electrons. The highest BCUT2D eigenvalue weighted by Crippen LogP contribution is 2.57. The molecule has 2 aromatic heterocycles. The highest BCUT2D eigenvalue weighted by atomic mass is 31.2. The van der Waals surface area contributed by atoms with Crippen molar-refractivity contribution in [3.8, 4) is 0 Å². The highest BCUT2D eigenvalue weighted by Gasteiger charge is 2.61. The maximum absolute atomic E-state index is 15.7. The van der Waals surface area contributed by atoms with Crippen LogP contribution in [0.25, 0.3) is 5.65 Å². The second-order valence-electron chi connectivity index (χ2n) is 7.07. The number of rotatable bonds is 3. The molecule has 0 saturated carbocycles. The van der Waals surface area contributed by atoms with E-state index in [9.17, 15) is 4.57 Å². The van der Waals surface area contributed by atoms with Gasteiger partial charge in [0, 0.05) is 6.04 Å². The van der Waals surface area contributed by atoms with Crippen molar-refractivity contribution in [3.63, 3.8) is 0 Å². The van der Waals surface area contributed by atoms with Crippen LogP contribution in [0.1, 0.15) is 38.3 Å². The number of ether oxygens (including phenoxy) is 1. The zero-order chi connectivity index (χ0) is 18.7. The van der Waals surface area contributed by atoms with Crippen molar-refractivity contribution in [1.82, 2.24) is 24.7 Å². The van der Waals surface area contributed by atoms with E-state index >= 15 is 4.39 Å². The van der Waals surface area contributed by atoms with E-state index in [2.05, 4.69) is 20.2 Å². The van der Waals surface area contributed by atoms with E-state index in [1.807, 2.05) is 13.8 Å². The third-order valence-electron chi connectivity index (χ3n) is 4.57. The van der Waals surface area contributed by atoms with Crippen LogP contribution in [0.3, 0.4) is 0 Å². The molecule has 2 fully saturated rings. The van der Waals surface area contributed by atoms with Gasteiger partial charge in [0.05, 0.1) is 24.2 Å². The lowest BCUT2D eigenvalue weighted by molar-refractivity contribution is -0.0447. The molecule has 0 spiro atoms. The van der Waals surface area contributed by atoms with Crippen LogP contribution in [0, 0.1) is 6.92 Å². The molecule has 0 aliphatic carbocycles. The Morgan fingerprint density at radius 3 is 2.96 bits per heavy atom. The van der Waals surface area contributed by atoms with E-state index in [1.165, 1.54) is 24.0 Å². The summed E-state index contributed by atoms with van der Waals surface area (Å²) in [5, 5.41) is 6.90. The van der Waals surface area contributed by atoms with E-state index < -0.39 is 31.7 Å². The number of nitrogens with zero attached hydrogens (tertiary/aromatic N) is 4. The van der Waals surface area contributed by atoms with Crippen LogP contribution >= 0.6 is 7.75 Å². The summed E-state index contributed by atoms with van der Waals surface area (Å²) in [4.78, 5) is 8.35. The first-order valence-electron chi connectivity index (χ1n) is 8.41. The summed E-state index contributed by atoms with van der Waals surface area (Å²) < 4.78 is 46.7. The smallest absolute Gasteiger partial charge is 0.360 e. The lowest BCUT2D eigenvalue weighted by Crippen LogP contribution is -2.46. The molecule has 2 aliphatic heterocycles. The molecular formula is C15H21FN5O4P. The first-order chi connectivity index (χ1) is 12.2. The molecule has 0 aromatic carbocycles. The Labute approximate surface area is 149 Å². The van der Waals surface area contributed by atoms with Gasteiger partial charge in [0.1, 0.15) is 24.6 Å². The SMILES string of the molecule is Cc1ncnn2c([C@@H]3O[C@@H]4COP(=O)(NC(C)C)O[C@H]4[C@@]3(C)F)cnc12. The van der Waals surface area contributed by atoms with Gasteiger partial charge in [-0.3, -0.25) is 9.05 Å². The molecule has 0 amide bonds. The monoisotopic (exact) mass is 385 g/mol. The van der Waals surface area contributed by atoms with Crippen molar-refractivity contribution in [2.45, 2.75) is 57.7 Å². The molecule has 4 heterocycles. The van der Waals surface area contributed by atoms with Crippen LogP contribution in [0.2, 0.25) is 0 Å². The molecule has 9 nitrogen and oxygen atoms in total. The molecule has 2 aromatic rings. The predicted molar refractivity (Wildman–Crippen MR) is 89.3 cm³/mol. The lowest BCUT2D eigenvalue weighted by Gasteiger charge is -2.35. The van der Waals surface area contributed by atoms with Crippen molar-refractivity contribution < 1.29 is 22.7 Å². The molecule has 1 N–H and O–H groups in total. The minimum Gasteiger partial charge on any atom is -0.360 e. The third-order valence-corrected chi connectivity index (χ3v) is 6.40. The summed E-state index contributed by atoms with van der Waals surface area (Å²) in [5.41, 5.74) is -0.300. The van der Waals surface area contributed by atoms with Crippen LogP contribution in [-0.2, 0) is 18.3 Å². The Hall–Kier alpha value is -1.45. The third kappa shape index (κ3) is 2.76. The van der Waals surface area contributed by atoms with Gasteiger partial charge >= 0.3 is 7.75 Å². The van der Waals surface area contributed by atoms with E-state index in [4.69, 9.17) is 13.8 Å². The Kier molecular flexibility index (Phi) is 4.16. The molecule has 26 heavy (non-hydrogen) atoms. The second kappa shape index (κ2) is 6.03. The zero-order valence-electron chi connectivity index (χ0n) is 14.9. The Bertz CT molecular complexity index is 888. The zero-order valence-corrected chi connectivity index (χ0v) is 15.8. The van der Waals surface area contributed by atoms with E-state index in [-0.39, 0.29) is 12.6 Å². The van der Waals surface area contributed by atoms with Gasteiger partial charge in [0.2, 0.25) is 0 Å². The molecule has 2 aliphatic rings. The lowest BCUT2D eigenvalue weighted by atomic mass is 9.93. The Morgan fingerprint density at radius 1 is 1.46 bits per heavy atom. The number of fused-ring (bicyclic) bond motifs is 2. The molecule has 11 heteroatoms. The van der Waals surface area contributed by atoms with Gasteiger partial charge in [-0.05, 0) is 27.7 Å². The van der Waals surface area contributed by atoms with E-state index in [1.54, 1.807) is 6.92 Å². The molecule has 142 valence electrons. The summed E-state index contributed by atoms with van der Waals surface area (Å²) in [7, 11) is -3.60. The van der Waals surface area contributed by atoms with Gasteiger partial charge in [0.15, 0.2) is 11.3 Å². The largest absolute Gasteiger partial charge is 0.406 e. The number of alkyl halides is 1. The second-order valence-corrected chi connectivity index (χ2v) is 8.79. The van der Waals surface area contributed by atoms with Gasteiger partial charge < -0.3 is 4.74 Å². The van der Waals surface area contributed by atoms with Crippen molar-refractivity contribution >= 4 is 13.4 Å². The first kappa shape index (κ1) is 17.9. The quantitative estimate of drug-likeness (QED) is 0.802. The predicted octanol–water partition coefficient (Wildman–Crippen LogP) is 2.12. The van der Waals surface area contributed by atoms with Crippen molar-refractivity contribution in [1.29, 1.82) is 0 Å². The van der Waals surface area contributed by atoms with E-state index in [0.717, 1.165) is 0 Å². The number of halogens is 1. The summed E-state index contributed by atoms with van der Waals surface area (Å²) in [6.07, 6.45) is 0.192. The van der Waals surface area contributed by atoms with Crippen LogP contribution < -0.4 is 5.09 Å². The number of aryl methyl sites for hydroxylation is 1. The number of aromatic nitrogens is 4. The van der Waals surface area contributed by atoms with Crippen LogP contribution in [-0.4, -0.2) is 50.1 Å². The molecule has 2 saturated heterocycles. The fourth-order valence-corrected chi connectivity index (χ4v) is 5.22. The van der Waals surface area contributed by atoms with Gasteiger partial charge in [-0.15, -0.1) is 0 Å². The van der Waals surface area contributed by atoms with Crippen LogP contribution in [0.4, 0.5) is 4.39 Å². The number of hydrogen-bond donors (Lipinski definition) is 1. The first-order valence-corrected chi connectivity index (χ1v) is 9.96. The fourth-order valence-electron chi connectivity index (χ4n) is 3.41. The van der Waals surface area contributed by atoms with Gasteiger partial charge in [-0.25, -0.2) is 28.5 Å². The normalized spacial score (nSPS) is 37.4. The number of hydrogen-bond acceptors (Lipinski definition) is 7. The summed E-state index contributed by atoms with van der Waals surface area (Å²) in [5.74, 6) is 0. The summed E-state index contributed by atoms with van der Waals surface area (Å²) in [6, 6.07) is -0.139. The van der Waals surface area contributed by atoms with E-state index in [0.29, 0.717) is 17.0 Å². The highest BCUT2D eigenvalue weighted by molar-refractivity contribution is 7.51. The fraction of sp³-hybridized carbons (Fsp3) is 0.667. The van der Waals surface area contributed by atoms with Crippen molar-refractivity contribution in [2.24, 2.45) is 0 Å². The van der Waals surface area contributed by atoms with Crippen LogP contribution in [0.15, 0.2) is 12.5 Å². The molecular weight excluding hydrogens is 364 g/mol. The number of nitrogens with one attached hydrogen (secondary N) is 1. The summed E-state index contributed by atoms with van der Waals surface area (Å²) in [6.45, 7) is 6.76. The average molecular weight is 385 g/mol. The number of imidazole rings is 1. The topological polar surface area (TPSA) is 99.9 Å². The summed E-state index contributed by atoms with van der Waals surface area (Å²) >= 11 is 0. The Balaban J connectivity index is 1.68. The molecule has 4 rings (SSSR count).